The lowest BCUT2D eigenvalue weighted by Gasteiger charge is -2.27. The number of hydrogen-bond donors (Lipinski definition) is 1. The van der Waals surface area contributed by atoms with Crippen molar-refractivity contribution in [2.45, 2.75) is 0 Å². The number of nitrogens with zero attached hydrogens (tertiary/aromatic N) is 3. The molecule has 1 saturated heterocycles. The molecule has 4 rings (SSSR count). The van der Waals surface area contributed by atoms with Crippen LogP contribution in [0.15, 0.2) is 42.6 Å². The normalized spacial score (nSPS) is 14.6. The highest BCUT2D eigenvalue weighted by Crippen LogP contribution is 2.34. The number of para-hydroxylation sites is 1. The number of aromatic nitrogens is 2. The van der Waals surface area contributed by atoms with E-state index in [0.29, 0.717) is 40.6 Å². The molecular weight excluding hydrogens is 352 g/mol. The highest BCUT2D eigenvalue weighted by Gasteiger charge is 2.28. The van der Waals surface area contributed by atoms with Crippen LogP contribution in [0.2, 0.25) is 5.15 Å². The van der Waals surface area contributed by atoms with Crippen LogP contribution in [-0.4, -0.2) is 53.6 Å². The molecule has 1 aromatic carbocycles. The summed E-state index contributed by atoms with van der Waals surface area (Å²) in [6.45, 7) is 2.87. The molecule has 3 aromatic rings. The molecule has 2 aromatic heterocycles. The second-order valence-corrected chi connectivity index (χ2v) is 6.48. The zero-order chi connectivity index (χ0) is 18.1. The number of halogens is 1. The van der Waals surface area contributed by atoms with Gasteiger partial charge < -0.3 is 15.0 Å². The van der Waals surface area contributed by atoms with Crippen LogP contribution in [0.1, 0.15) is 10.4 Å². The van der Waals surface area contributed by atoms with E-state index in [2.05, 4.69) is 10.3 Å². The fraction of sp³-hybridized carbons (Fsp3) is 0.263. The number of pyridine rings is 1. The van der Waals surface area contributed by atoms with Crippen LogP contribution in [-0.2, 0) is 0 Å². The second-order valence-electron chi connectivity index (χ2n) is 6.13. The Kier molecular flexibility index (Phi) is 4.53. The number of nitrogens with one attached hydrogen (secondary N) is 1. The van der Waals surface area contributed by atoms with Crippen molar-refractivity contribution >= 4 is 28.5 Å². The predicted molar refractivity (Wildman–Crippen MR) is 101 cm³/mol. The summed E-state index contributed by atoms with van der Waals surface area (Å²) >= 11 is 6.72. The van der Waals surface area contributed by atoms with Crippen molar-refractivity contribution in [2.75, 3.05) is 33.3 Å². The van der Waals surface area contributed by atoms with E-state index in [1.54, 1.807) is 13.3 Å². The van der Waals surface area contributed by atoms with Gasteiger partial charge in [-0.2, -0.15) is 0 Å². The molecule has 1 aliphatic rings. The minimum absolute atomic E-state index is 0.0776. The maximum absolute atomic E-state index is 13.2. The van der Waals surface area contributed by atoms with Crippen molar-refractivity contribution in [3.63, 3.8) is 0 Å². The maximum Gasteiger partial charge on any atom is 0.257 e. The van der Waals surface area contributed by atoms with Gasteiger partial charge in [-0.3, -0.25) is 9.36 Å². The average molecular weight is 371 g/mol. The van der Waals surface area contributed by atoms with E-state index in [0.717, 1.165) is 18.8 Å². The van der Waals surface area contributed by atoms with Crippen LogP contribution in [0.5, 0.6) is 5.75 Å². The molecule has 0 unspecified atom stereocenters. The summed E-state index contributed by atoms with van der Waals surface area (Å²) in [5.41, 5.74) is 1.97. The van der Waals surface area contributed by atoms with Gasteiger partial charge in [0.25, 0.3) is 5.91 Å². The molecule has 0 aliphatic carbocycles. The number of fused-ring (bicyclic) bond motifs is 1. The Labute approximate surface area is 156 Å². The minimum atomic E-state index is -0.0776. The van der Waals surface area contributed by atoms with Crippen molar-refractivity contribution in [3.8, 4) is 11.4 Å². The van der Waals surface area contributed by atoms with E-state index in [-0.39, 0.29) is 5.91 Å². The molecule has 6 nitrogen and oxygen atoms in total. The van der Waals surface area contributed by atoms with Gasteiger partial charge in [0.1, 0.15) is 16.5 Å². The standard InChI is InChI=1S/C19H19ClN4O2/c1-26-14-11-15-16(19(25)23-9-7-21-8-10-23)17(20)24(18(15)22-12-14)13-5-3-2-4-6-13/h2-6,11-12,21H,7-10H2,1H3. The van der Waals surface area contributed by atoms with Crippen molar-refractivity contribution in [1.29, 1.82) is 0 Å². The summed E-state index contributed by atoms with van der Waals surface area (Å²) in [6.07, 6.45) is 1.64. The number of rotatable bonds is 3. The molecule has 0 radical (unpaired) electrons. The second kappa shape index (κ2) is 6.97. The van der Waals surface area contributed by atoms with Gasteiger partial charge in [0.15, 0.2) is 0 Å². The Balaban J connectivity index is 1.93. The number of hydrogen-bond acceptors (Lipinski definition) is 4. The summed E-state index contributed by atoms with van der Waals surface area (Å²) in [6, 6.07) is 11.5. The number of ether oxygens (including phenoxy) is 1. The van der Waals surface area contributed by atoms with Crippen LogP contribution in [0.25, 0.3) is 16.7 Å². The Morgan fingerprint density at radius 3 is 2.65 bits per heavy atom. The molecule has 3 heterocycles. The van der Waals surface area contributed by atoms with Crippen LogP contribution in [0.4, 0.5) is 0 Å². The first-order valence-corrected chi connectivity index (χ1v) is 8.88. The fourth-order valence-corrected chi connectivity index (χ4v) is 3.63. The number of amides is 1. The molecule has 0 atom stereocenters. The molecule has 134 valence electrons. The molecule has 1 fully saturated rings. The first kappa shape index (κ1) is 16.9. The average Bonchev–Trinajstić information content (AvgIpc) is 2.99. The molecule has 1 aliphatic heterocycles. The molecular formula is C19H19ClN4O2. The van der Waals surface area contributed by atoms with E-state index in [9.17, 15) is 4.79 Å². The van der Waals surface area contributed by atoms with E-state index in [4.69, 9.17) is 16.3 Å². The summed E-state index contributed by atoms with van der Waals surface area (Å²) in [4.78, 5) is 19.5. The largest absolute Gasteiger partial charge is 0.495 e. The highest BCUT2D eigenvalue weighted by molar-refractivity contribution is 6.35. The lowest BCUT2D eigenvalue weighted by molar-refractivity contribution is 0.0738. The number of piperazine rings is 1. The van der Waals surface area contributed by atoms with E-state index >= 15 is 0 Å². The quantitative estimate of drug-likeness (QED) is 0.770. The summed E-state index contributed by atoms with van der Waals surface area (Å²) in [5.74, 6) is 0.514. The third-order valence-electron chi connectivity index (χ3n) is 4.59. The smallest absolute Gasteiger partial charge is 0.257 e. The monoisotopic (exact) mass is 370 g/mol. The number of methoxy groups -OCH3 is 1. The summed E-state index contributed by atoms with van der Waals surface area (Å²) in [7, 11) is 1.58. The zero-order valence-electron chi connectivity index (χ0n) is 14.4. The van der Waals surface area contributed by atoms with Crippen molar-refractivity contribution in [2.24, 2.45) is 0 Å². The number of carbonyl (C=O) groups excluding carboxylic acids is 1. The van der Waals surface area contributed by atoms with Gasteiger partial charge >= 0.3 is 0 Å². The lowest BCUT2D eigenvalue weighted by atomic mass is 10.2. The van der Waals surface area contributed by atoms with Crippen molar-refractivity contribution in [3.05, 3.63) is 53.3 Å². The van der Waals surface area contributed by atoms with Crippen LogP contribution < -0.4 is 10.1 Å². The lowest BCUT2D eigenvalue weighted by Crippen LogP contribution is -2.46. The SMILES string of the molecule is COc1cnc2c(c1)c(C(=O)N1CCNCC1)c(Cl)n2-c1ccccc1. The topological polar surface area (TPSA) is 59.4 Å². The van der Waals surface area contributed by atoms with Gasteiger partial charge in [-0.1, -0.05) is 29.8 Å². The summed E-state index contributed by atoms with van der Waals surface area (Å²) in [5, 5.41) is 4.32. The predicted octanol–water partition coefficient (Wildman–Crippen LogP) is 2.73. The first-order chi connectivity index (χ1) is 12.7. The van der Waals surface area contributed by atoms with E-state index < -0.39 is 0 Å². The van der Waals surface area contributed by atoms with Crippen LogP contribution in [0.3, 0.4) is 0 Å². The zero-order valence-corrected chi connectivity index (χ0v) is 15.2. The Bertz CT molecular complexity index is 949. The first-order valence-electron chi connectivity index (χ1n) is 8.50. The molecule has 0 bridgehead atoms. The molecule has 0 spiro atoms. The highest BCUT2D eigenvalue weighted by atomic mass is 35.5. The van der Waals surface area contributed by atoms with Gasteiger partial charge in [-0.05, 0) is 18.2 Å². The molecule has 26 heavy (non-hydrogen) atoms. The van der Waals surface area contributed by atoms with Crippen LogP contribution >= 0.6 is 11.6 Å². The third-order valence-corrected chi connectivity index (χ3v) is 4.95. The van der Waals surface area contributed by atoms with Gasteiger partial charge in [-0.15, -0.1) is 0 Å². The van der Waals surface area contributed by atoms with Crippen molar-refractivity contribution in [1.82, 2.24) is 19.8 Å². The van der Waals surface area contributed by atoms with E-state index in [1.165, 1.54) is 0 Å². The molecule has 1 N–H and O–H groups in total. The summed E-state index contributed by atoms with van der Waals surface area (Å²) < 4.78 is 7.12. The Morgan fingerprint density at radius 1 is 1.23 bits per heavy atom. The maximum atomic E-state index is 13.2. The third kappa shape index (κ3) is 2.81. The minimum Gasteiger partial charge on any atom is -0.495 e. The molecule has 7 heteroatoms. The van der Waals surface area contributed by atoms with Gasteiger partial charge in [0.2, 0.25) is 0 Å². The fourth-order valence-electron chi connectivity index (χ4n) is 3.27. The van der Waals surface area contributed by atoms with E-state index in [1.807, 2.05) is 45.9 Å². The van der Waals surface area contributed by atoms with Crippen molar-refractivity contribution < 1.29 is 9.53 Å². The van der Waals surface area contributed by atoms with Gasteiger partial charge in [-0.25, -0.2) is 4.98 Å². The number of benzene rings is 1. The molecule has 1 amide bonds. The van der Waals surface area contributed by atoms with Gasteiger partial charge in [0.05, 0.1) is 18.9 Å². The molecule has 0 saturated carbocycles. The van der Waals surface area contributed by atoms with Gasteiger partial charge in [0, 0.05) is 37.3 Å². The number of carbonyl (C=O) groups is 1. The Morgan fingerprint density at radius 2 is 1.96 bits per heavy atom. The Hall–Kier alpha value is -2.57. The van der Waals surface area contributed by atoms with Crippen LogP contribution in [0, 0.1) is 0 Å².